The Bertz CT molecular complexity index is 2670. The lowest BCUT2D eigenvalue weighted by atomic mass is 9.82. The molecule has 0 aliphatic heterocycles. The predicted octanol–water partition coefficient (Wildman–Crippen LogP) is 13.6. The van der Waals surface area contributed by atoms with Crippen LogP contribution < -0.4 is 0 Å². The molecular weight excluding hydrogens is 741 g/mol. The van der Waals surface area contributed by atoms with Gasteiger partial charge in [0.25, 0.3) is 0 Å². The van der Waals surface area contributed by atoms with Gasteiger partial charge in [0, 0.05) is 56.9 Å². The van der Waals surface area contributed by atoms with Gasteiger partial charge in [-0.15, -0.1) is 0 Å². The number of phenolic OH excluding ortho intramolecular Hbond substituents is 4. The zero-order chi connectivity index (χ0) is 42.3. The molecule has 8 aromatic rings. The lowest BCUT2D eigenvalue weighted by Gasteiger charge is -2.23. The summed E-state index contributed by atoms with van der Waals surface area (Å²) in [6, 6.07) is 46.3. The minimum absolute atomic E-state index is 0.0506. The highest BCUT2D eigenvalue weighted by atomic mass is 16.3. The van der Waals surface area contributed by atoms with Gasteiger partial charge >= 0.3 is 0 Å². The molecule has 8 rings (SSSR count). The molecule has 0 spiro atoms. The molecule has 0 bridgehead atoms. The summed E-state index contributed by atoms with van der Waals surface area (Å²) >= 11 is 0. The first-order valence-corrected chi connectivity index (χ1v) is 20.1. The molecular formula is C54H48N2O4. The van der Waals surface area contributed by atoms with Crippen molar-refractivity contribution in [3.8, 4) is 101 Å². The first kappa shape index (κ1) is 39.6. The van der Waals surface area contributed by atoms with Crippen molar-refractivity contribution >= 4 is 0 Å². The van der Waals surface area contributed by atoms with E-state index < -0.39 is 0 Å². The zero-order valence-corrected chi connectivity index (χ0v) is 34.7. The van der Waals surface area contributed by atoms with Crippen LogP contribution in [0, 0.1) is 0 Å². The van der Waals surface area contributed by atoms with Crippen LogP contribution >= 0.6 is 0 Å². The van der Waals surface area contributed by atoms with Gasteiger partial charge in [-0.05, 0) is 129 Å². The topological polar surface area (TPSA) is 107 Å². The standard InChI is InChI=1S/C54H48N2O4/c1-53(2,3)39-29-43(51(59)45(31-39)41-21-19-37(27-49(41)57)47-17-7-9-23-55-47)35-15-11-13-33(25-35)34-14-12-16-36(26-34)44-30-40(54(4,5)6)32-46(52(44)60)42-22-20-38(28-50(42)58)48-18-8-10-24-56-48/h7-32,57-60H,1-6H3. The summed E-state index contributed by atoms with van der Waals surface area (Å²) in [5.41, 5.74) is 11.5. The molecule has 0 saturated carbocycles. The maximum absolute atomic E-state index is 12.0. The highest BCUT2D eigenvalue weighted by Gasteiger charge is 2.24. The summed E-state index contributed by atoms with van der Waals surface area (Å²) in [5.74, 6) is 0.245. The Balaban J connectivity index is 1.20. The Hall–Kier alpha value is -7.18. The summed E-state index contributed by atoms with van der Waals surface area (Å²) in [6.07, 6.45) is 3.44. The number of aromatic nitrogens is 2. The largest absolute Gasteiger partial charge is 0.507 e. The molecule has 298 valence electrons. The number of phenols is 4. The van der Waals surface area contributed by atoms with E-state index in [1.165, 1.54) is 0 Å². The van der Waals surface area contributed by atoms with Gasteiger partial charge in [0.1, 0.15) is 23.0 Å². The highest BCUT2D eigenvalue weighted by molar-refractivity contribution is 5.90. The Morgan fingerprint density at radius 3 is 1.07 bits per heavy atom. The molecule has 4 N–H and O–H groups in total. The molecule has 0 saturated heterocycles. The molecule has 0 unspecified atom stereocenters. The predicted molar refractivity (Wildman–Crippen MR) is 244 cm³/mol. The molecule has 2 heterocycles. The van der Waals surface area contributed by atoms with Crippen molar-refractivity contribution in [3.63, 3.8) is 0 Å². The van der Waals surface area contributed by atoms with Crippen molar-refractivity contribution in [2.45, 2.75) is 52.4 Å². The normalized spacial score (nSPS) is 11.8. The minimum Gasteiger partial charge on any atom is -0.507 e. The molecule has 2 aromatic heterocycles. The fourth-order valence-corrected chi connectivity index (χ4v) is 7.62. The maximum atomic E-state index is 12.0. The Morgan fingerprint density at radius 1 is 0.333 bits per heavy atom. The number of rotatable bonds is 7. The van der Waals surface area contributed by atoms with Crippen molar-refractivity contribution in [1.29, 1.82) is 0 Å². The van der Waals surface area contributed by atoms with Gasteiger partial charge in [0.15, 0.2) is 0 Å². The van der Waals surface area contributed by atoms with Gasteiger partial charge in [-0.2, -0.15) is 0 Å². The SMILES string of the molecule is CC(C)(C)c1cc(-c2cccc(-c3cccc(-c4cc(C(C)(C)C)cc(-c5ccc(-c6ccccn6)cc5O)c4O)c3)c2)c(O)c(-c2ccc(-c3ccccn3)cc2O)c1. The van der Waals surface area contributed by atoms with Crippen LogP contribution in [0.5, 0.6) is 23.0 Å². The summed E-state index contributed by atoms with van der Waals surface area (Å²) in [4.78, 5) is 8.86. The summed E-state index contributed by atoms with van der Waals surface area (Å²) in [5, 5.41) is 46.7. The third kappa shape index (κ3) is 7.84. The summed E-state index contributed by atoms with van der Waals surface area (Å²) in [7, 11) is 0. The van der Waals surface area contributed by atoms with Crippen molar-refractivity contribution < 1.29 is 20.4 Å². The number of hydrogen-bond acceptors (Lipinski definition) is 6. The van der Waals surface area contributed by atoms with E-state index in [9.17, 15) is 20.4 Å². The number of pyridine rings is 2. The second kappa shape index (κ2) is 15.5. The van der Waals surface area contributed by atoms with E-state index in [2.05, 4.69) is 63.6 Å². The van der Waals surface area contributed by atoms with E-state index in [0.717, 1.165) is 55.9 Å². The van der Waals surface area contributed by atoms with Gasteiger partial charge in [0.2, 0.25) is 0 Å². The zero-order valence-electron chi connectivity index (χ0n) is 34.7. The van der Waals surface area contributed by atoms with Gasteiger partial charge in [-0.3, -0.25) is 9.97 Å². The van der Waals surface area contributed by atoms with Crippen LogP contribution in [-0.2, 0) is 10.8 Å². The molecule has 0 amide bonds. The summed E-state index contributed by atoms with van der Waals surface area (Å²) in [6.45, 7) is 12.8. The lowest BCUT2D eigenvalue weighted by Crippen LogP contribution is -2.11. The number of hydrogen-bond donors (Lipinski definition) is 4. The molecule has 60 heavy (non-hydrogen) atoms. The first-order chi connectivity index (χ1) is 28.7. The van der Waals surface area contributed by atoms with E-state index in [4.69, 9.17) is 0 Å². The minimum atomic E-state index is -0.257. The van der Waals surface area contributed by atoms with E-state index in [0.29, 0.717) is 33.4 Å². The smallest absolute Gasteiger partial charge is 0.131 e. The third-order valence-corrected chi connectivity index (χ3v) is 11.1. The van der Waals surface area contributed by atoms with Crippen LogP contribution in [0.3, 0.4) is 0 Å². The van der Waals surface area contributed by atoms with Crippen LogP contribution in [0.4, 0.5) is 0 Å². The molecule has 0 aliphatic rings. The van der Waals surface area contributed by atoms with Crippen molar-refractivity contribution in [2.24, 2.45) is 0 Å². The van der Waals surface area contributed by atoms with Gasteiger partial charge < -0.3 is 20.4 Å². The fourth-order valence-electron chi connectivity index (χ4n) is 7.62. The molecule has 0 atom stereocenters. The highest BCUT2D eigenvalue weighted by Crippen LogP contribution is 2.48. The lowest BCUT2D eigenvalue weighted by molar-refractivity contribution is 0.469. The fraction of sp³-hybridized carbons (Fsp3) is 0.148. The van der Waals surface area contributed by atoms with Crippen LogP contribution in [0.2, 0.25) is 0 Å². The second-order valence-electron chi connectivity index (χ2n) is 17.4. The maximum Gasteiger partial charge on any atom is 0.131 e. The number of aromatic hydroxyl groups is 4. The van der Waals surface area contributed by atoms with Crippen LogP contribution in [0.1, 0.15) is 52.7 Å². The van der Waals surface area contributed by atoms with Crippen LogP contribution in [0.15, 0.2) is 158 Å². The average Bonchev–Trinajstić information content (AvgIpc) is 3.24. The summed E-state index contributed by atoms with van der Waals surface area (Å²) < 4.78 is 0. The molecule has 6 heteroatoms. The van der Waals surface area contributed by atoms with Crippen molar-refractivity contribution in [2.75, 3.05) is 0 Å². The van der Waals surface area contributed by atoms with Crippen molar-refractivity contribution in [3.05, 3.63) is 169 Å². The van der Waals surface area contributed by atoms with Gasteiger partial charge in [-0.1, -0.05) is 102 Å². The Labute approximate surface area is 351 Å². The van der Waals surface area contributed by atoms with Crippen molar-refractivity contribution in [1.82, 2.24) is 9.97 Å². The Kier molecular flexibility index (Phi) is 10.3. The van der Waals surface area contributed by atoms with E-state index in [1.807, 2.05) is 121 Å². The third-order valence-electron chi connectivity index (χ3n) is 11.1. The molecule has 0 radical (unpaired) electrons. The molecule has 0 aliphatic carbocycles. The number of nitrogens with zero attached hydrogens (tertiary/aromatic N) is 2. The Morgan fingerprint density at radius 2 is 0.717 bits per heavy atom. The van der Waals surface area contributed by atoms with E-state index >= 15 is 0 Å². The second-order valence-corrected chi connectivity index (χ2v) is 17.4. The average molecular weight is 789 g/mol. The quantitative estimate of drug-likeness (QED) is 0.128. The monoisotopic (exact) mass is 788 g/mol. The molecule has 6 nitrogen and oxygen atoms in total. The van der Waals surface area contributed by atoms with Gasteiger partial charge in [0.05, 0.1) is 11.4 Å². The first-order valence-electron chi connectivity index (χ1n) is 20.1. The van der Waals surface area contributed by atoms with E-state index in [1.54, 1.807) is 24.5 Å². The van der Waals surface area contributed by atoms with Crippen LogP contribution in [-0.4, -0.2) is 30.4 Å². The number of benzene rings is 6. The van der Waals surface area contributed by atoms with Crippen LogP contribution in [0.25, 0.3) is 78.1 Å². The van der Waals surface area contributed by atoms with E-state index in [-0.39, 0.29) is 33.8 Å². The molecule has 0 fully saturated rings. The van der Waals surface area contributed by atoms with Gasteiger partial charge in [-0.25, -0.2) is 0 Å². The molecule has 6 aromatic carbocycles.